The summed E-state index contributed by atoms with van der Waals surface area (Å²) in [6.07, 6.45) is 0.809. The molecule has 26 heavy (non-hydrogen) atoms. The van der Waals surface area contributed by atoms with E-state index in [1.54, 1.807) is 26.8 Å². The van der Waals surface area contributed by atoms with Gasteiger partial charge in [-0.3, -0.25) is 19.7 Å². The van der Waals surface area contributed by atoms with Crippen LogP contribution in [0.5, 0.6) is 0 Å². The molecule has 1 aromatic carbocycles. The van der Waals surface area contributed by atoms with Crippen molar-refractivity contribution in [3.63, 3.8) is 0 Å². The zero-order valence-corrected chi connectivity index (χ0v) is 14.7. The fraction of sp³-hybridized carbons (Fsp3) is 0.333. The third-order valence-electron chi connectivity index (χ3n) is 3.66. The summed E-state index contributed by atoms with van der Waals surface area (Å²) in [5.41, 5.74) is 0.345. The first kappa shape index (κ1) is 19.2. The molecular formula is C18H20N2O6. The minimum atomic E-state index is -0.912. The zero-order valence-electron chi connectivity index (χ0n) is 14.7. The van der Waals surface area contributed by atoms with E-state index in [2.05, 4.69) is 5.32 Å². The number of nitrogens with one attached hydrogen (secondary N) is 1. The van der Waals surface area contributed by atoms with Gasteiger partial charge in [-0.15, -0.1) is 0 Å². The second kappa shape index (κ2) is 8.28. The predicted octanol–water partition coefficient (Wildman–Crippen LogP) is 3.31. The largest absolute Gasteiger partial charge is 0.469 e. The molecule has 2 rings (SSSR count). The number of benzene rings is 1. The predicted molar refractivity (Wildman–Crippen MR) is 92.6 cm³/mol. The molecule has 1 heterocycles. The van der Waals surface area contributed by atoms with Gasteiger partial charge in [0.25, 0.3) is 11.6 Å². The van der Waals surface area contributed by atoms with Gasteiger partial charge in [0.1, 0.15) is 5.76 Å². The maximum absolute atomic E-state index is 12.5. The summed E-state index contributed by atoms with van der Waals surface area (Å²) < 4.78 is 10.2. The van der Waals surface area contributed by atoms with Crippen molar-refractivity contribution in [2.24, 2.45) is 0 Å². The van der Waals surface area contributed by atoms with Crippen molar-refractivity contribution in [1.29, 1.82) is 0 Å². The van der Waals surface area contributed by atoms with Crippen molar-refractivity contribution in [2.75, 3.05) is 0 Å². The van der Waals surface area contributed by atoms with Crippen LogP contribution in [0.3, 0.4) is 0 Å². The van der Waals surface area contributed by atoms with Crippen molar-refractivity contribution in [3.8, 4) is 0 Å². The number of nitro benzene ring substituents is 1. The molecule has 1 unspecified atom stereocenters. The van der Waals surface area contributed by atoms with Crippen molar-refractivity contribution in [1.82, 2.24) is 5.32 Å². The van der Waals surface area contributed by atoms with Crippen LogP contribution in [0.1, 0.15) is 48.0 Å². The molecule has 1 aromatic heterocycles. The monoisotopic (exact) mass is 360 g/mol. The van der Waals surface area contributed by atoms with Gasteiger partial charge in [-0.1, -0.05) is 18.2 Å². The topological polar surface area (TPSA) is 112 Å². The number of nitro groups is 1. The third-order valence-corrected chi connectivity index (χ3v) is 3.66. The van der Waals surface area contributed by atoms with Crippen LogP contribution in [0.2, 0.25) is 0 Å². The SMILES string of the molecule is Cc1occc1C(=O)NC(CC(=O)OC(C)C)c1ccccc1[N+](=O)[O-]. The van der Waals surface area contributed by atoms with Gasteiger partial charge in [-0.25, -0.2) is 0 Å². The number of carbonyl (C=O) groups excluding carboxylic acids is 2. The highest BCUT2D eigenvalue weighted by atomic mass is 16.6. The van der Waals surface area contributed by atoms with Crippen molar-refractivity contribution < 1.29 is 23.7 Å². The van der Waals surface area contributed by atoms with E-state index in [9.17, 15) is 19.7 Å². The Balaban J connectivity index is 2.33. The number of hydrogen-bond donors (Lipinski definition) is 1. The lowest BCUT2D eigenvalue weighted by Gasteiger charge is -2.19. The number of hydrogen-bond acceptors (Lipinski definition) is 6. The molecule has 1 atom stereocenters. The van der Waals surface area contributed by atoms with Crippen LogP contribution in [0.4, 0.5) is 5.69 Å². The zero-order chi connectivity index (χ0) is 19.3. The minimum absolute atomic E-state index is 0.181. The second-order valence-electron chi connectivity index (χ2n) is 5.98. The Morgan fingerprint density at radius 2 is 1.96 bits per heavy atom. The Bertz CT molecular complexity index is 812. The van der Waals surface area contributed by atoms with Gasteiger partial charge in [0.2, 0.25) is 0 Å². The Labute approximate surface area is 150 Å². The minimum Gasteiger partial charge on any atom is -0.469 e. The molecule has 1 N–H and O–H groups in total. The summed E-state index contributed by atoms with van der Waals surface area (Å²) in [4.78, 5) is 35.4. The number of ether oxygens (including phenoxy) is 1. The third kappa shape index (κ3) is 4.69. The average Bonchev–Trinajstić information content (AvgIpc) is 2.99. The quantitative estimate of drug-likeness (QED) is 0.460. The van der Waals surface area contributed by atoms with Crippen molar-refractivity contribution in [3.05, 3.63) is 63.6 Å². The lowest BCUT2D eigenvalue weighted by atomic mass is 10.0. The molecular weight excluding hydrogens is 340 g/mol. The Kier molecular flexibility index (Phi) is 6.11. The van der Waals surface area contributed by atoms with E-state index in [-0.39, 0.29) is 23.8 Å². The number of para-hydroxylation sites is 1. The standard InChI is InChI=1S/C18H20N2O6/c1-11(2)26-17(21)10-15(14-6-4-5-7-16(14)20(23)24)19-18(22)13-8-9-25-12(13)3/h4-9,11,15H,10H2,1-3H3,(H,19,22). The molecule has 138 valence electrons. The van der Waals surface area contributed by atoms with E-state index < -0.39 is 22.8 Å². The number of furan rings is 1. The Hall–Kier alpha value is -3.16. The number of amides is 1. The molecule has 0 aliphatic heterocycles. The fourth-order valence-corrected chi connectivity index (χ4v) is 2.52. The Morgan fingerprint density at radius 1 is 1.27 bits per heavy atom. The molecule has 0 aliphatic rings. The summed E-state index contributed by atoms with van der Waals surface area (Å²) in [6.45, 7) is 5.03. The van der Waals surface area contributed by atoms with E-state index in [1.807, 2.05) is 0 Å². The summed E-state index contributed by atoms with van der Waals surface area (Å²) in [7, 11) is 0. The Morgan fingerprint density at radius 3 is 2.54 bits per heavy atom. The molecule has 1 amide bonds. The van der Waals surface area contributed by atoms with Crippen LogP contribution in [0, 0.1) is 17.0 Å². The van der Waals surface area contributed by atoms with Gasteiger partial charge >= 0.3 is 5.97 Å². The lowest BCUT2D eigenvalue weighted by molar-refractivity contribution is -0.385. The van der Waals surface area contributed by atoms with Crippen LogP contribution in [-0.4, -0.2) is 22.9 Å². The van der Waals surface area contributed by atoms with Gasteiger partial charge in [-0.05, 0) is 26.8 Å². The molecule has 0 radical (unpaired) electrons. The molecule has 8 heteroatoms. The average molecular weight is 360 g/mol. The van der Waals surface area contributed by atoms with Crippen LogP contribution in [0.15, 0.2) is 41.0 Å². The maximum atomic E-state index is 12.5. The summed E-state index contributed by atoms with van der Waals surface area (Å²) in [5.74, 6) is -0.641. The molecule has 0 saturated heterocycles. The maximum Gasteiger partial charge on any atom is 0.308 e. The molecule has 0 spiro atoms. The van der Waals surface area contributed by atoms with Gasteiger partial charge in [0.15, 0.2) is 0 Å². The first-order valence-corrected chi connectivity index (χ1v) is 8.07. The van der Waals surface area contributed by atoms with Gasteiger partial charge in [0, 0.05) is 6.07 Å². The number of esters is 1. The number of aryl methyl sites for hydroxylation is 1. The second-order valence-corrected chi connectivity index (χ2v) is 5.98. The molecule has 0 bridgehead atoms. The highest BCUT2D eigenvalue weighted by Gasteiger charge is 2.27. The van der Waals surface area contributed by atoms with Gasteiger partial charge in [-0.2, -0.15) is 0 Å². The van der Waals surface area contributed by atoms with Gasteiger partial charge in [0.05, 0.1) is 40.9 Å². The fourth-order valence-electron chi connectivity index (χ4n) is 2.52. The number of nitrogens with zero attached hydrogens (tertiary/aromatic N) is 1. The number of rotatable bonds is 7. The summed E-state index contributed by atoms with van der Waals surface area (Å²) in [5, 5.41) is 14.0. The highest BCUT2D eigenvalue weighted by Crippen LogP contribution is 2.28. The smallest absolute Gasteiger partial charge is 0.308 e. The normalized spacial score (nSPS) is 11.8. The van der Waals surface area contributed by atoms with Crippen LogP contribution in [-0.2, 0) is 9.53 Å². The first-order valence-electron chi connectivity index (χ1n) is 8.07. The summed E-state index contributed by atoms with van der Waals surface area (Å²) in [6, 6.07) is 6.54. The van der Waals surface area contributed by atoms with Crippen molar-refractivity contribution in [2.45, 2.75) is 39.3 Å². The first-order chi connectivity index (χ1) is 12.3. The number of carbonyl (C=O) groups is 2. The van der Waals surface area contributed by atoms with E-state index in [4.69, 9.17) is 9.15 Å². The molecule has 0 aliphatic carbocycles. The summed E-state index contributed by atoms with van der Waals surface area (Å²) >= 11 is 0. The highest BCUT2D eigenvalue weighted by molar-refractivity contribution is 5.95. The molecule has 0 saturated carbocycles. The van der Waals surface area contributed by atoms with E-state index in [0.717, 1.165) is 0 Å². The molecule has 2 aromatic rings. The van der Waals surface area contributed by atoms with E-state index >= 15 is 0 Å². The van der Waals surface area contributed by atoms with E-state index in [0.29, 0.717) is 11.3 Å². The molecule has 0 fully saturated rings. The van der Waals surface area contributed by atoms with E-state index in [1.165, 1.54) is 30.5 Å². The van der Waals surface area contributed by atoms with Crippen molar-refractivity contribution >= 4 is 17.6 Å². The van der Waals surface area contributed by atoms with Crippen LogP contribution in [0.25, 0.3) is 0 Å². The lowest BCUT2D eigenvalue weighted by Crippen LogP contribution is -2.31. The molecule has 8 nitrogen and oxygen atoms in total. The van der Waals surface area contributed by atoms with Gasteiger partial charge < -0.3 is 14.5 Å². The van der Waals surface area contributed by atoms with Crippen LogP contribution >= 0.6 is 0 Å². The van der Waals surface area contributed by atoms with Crippen LogP contribution < -0.4 is 5.32 Å².